The number of aromatic nitrogens is 3. The zero-order chi connectivity index (χ0) is 24.4. The predicted octanol–water partition coefficient (Wildman–Crippen LogP) is 6.22. The molecule has 3 aromatic carbocycles. The standard InChI is InChI=1S/C25H20F3N5OS/c1-34-21-12-4-16(5-13-21)22-14-35-24(31-22)30-19-8-2-17(3-9-19)23-29-15-33(32-23)20-10-6-18(7-11-20)25(26,27)28/h2-13,15,22H,14H2,1H3,(H,30,31). The number of benzene rings is 3. The number of rotatable bonds is 5. The molecule has 6 nitrogen and oxygen atoms in total. The summed E-state index contributed by atoms with van der Waals surface area (Å²) in [5.74, 6) is 2.15. The average molecular weight is 496 g/mol. The topological polar surface area (TPSA) is 64.3 Å². The van der Waals surface area contributed by atoms with E-state index in [1.807, 2.05) is 48.5 Å². The molecule has 0 saturated heterocycles. The van der Waals surface area contributed by atoms with E-state index in [0.29, 0.717) is 11.5 Å². The Morgan fingerprint density at radius 2 is 1.69 bits per heavy atom. The Kier molecular flexibility index (Phi) is 6.21. The molecule has 0 amide bonds. The highest BCUT2D eigenvalue weighted by Gasteiger charge is 2.30. The van der Waals surface area contributed by atoms with Crippen LogP contribution >= 0.6 is 11.8 Å². The summed E-state index contributed by atoms with van der Waals surface area (Å²) < 4.78 is 45.0. The molecule has 0 bridgehead atoms. The van der Waals surface area contributed by atoms with Crippen LogP contribution in [0.25, 0.3) is 17.1 Å². The highest BCUT2D eigenvalue weighted by atomic mass is 32.2. The second-order valence-corrected chi connectivity index (χ2v) is 8.80. The van der Waals surface area contributed by atoms with E-state index in [9.17, 15) is 13.2 Å². The lowest BCUT2D eigenvalue weighted by Gasteiger charge is -2.07. The van der Waals surface area contributed by atoms with Gasteiger partial charge in [0.1, 0.15) is 12.1 Å². The third-order valence-electron chi connectivity index (χ3n) is 5.50. The minimum atomic E-state index is -4.37. The van der Waals surface area contributed by atoms with Gasteiger partial charge in [-0.3, -0.25) is 4.99 Å². The molecular weight excluding hydrogens is 475 g/mol. The number of amidine groups is 1. The molecule has 0 saturated carbocycles. The van der Waals surface area contributed by atoms with Gasteiger partial charge in [-0.25, -0.2) is 9.67 Å². The maximum atomic E-state index is 12.8. The first kappa shape index (κ1) is 23.0. The molecule has 10 heteroatoms. The van der Waals surface area contributed by atoms with Crippen LogP contribution in [0.15, 0.2) is 84.1 Å². The molecule has 0 radical (unpaired) electrons. The molecule has 1 aliphatic heterocycles. The Bertz CT molecular complexity index is 1330. The molecule has 35 heavy (non-hydrogen) atoms. The van der Waals surface area contributed by atoms with Gasteiger partial charge >= 0.3 is 6.18 Å². The number of nitrogens with zero attached hydrogens (tertiary/aromatic N) is 4. The SMILES string of the molecule is COc1ccc(C2CSC(Nc3ccc(-c4ncn(-c5ccc(C(F)(F)F)cc5)n4)cc3)=N2)cc1. The van der Waals surface area contributed by atoms with E-state index in [1.54, 1.807) is 18.9 Å². The summed E-state index contributed by atoms with van der Waals surface area (Å²) in [5, 5.41) is 8.59. The number of methoxy groups -OCH3 is 1. The number of thioether (sulfide) groups is 1. The molecule has 1 atom stereocenters. The monoisotopic (exact) mass is 495 g/mol. The number of halogens is 3. The first-order valence-corrected chi connectivity index (χ1v) is 11.7. The minimum absolute atomic E-state index is 0.0889. The highest BCUT2D eigenvalue weighted by molar-refractivity contribution is 8.14. The molecule has 1 aromatic heterocycles. The lowest BCUT2D eigenvalue weighted by Crippen LogP contribution is -2.05. The normalized spacial score (nSPS) is 15.7. The van der Waals surface area contributed by atoms with Crippen LogP contribution in [0, 0.1) is 0 Å². The molecule has 178 valence electrons. The molecule has 1 unspecified atom stereocenters. The number of ether oxygens (including phenoxy) is 1. The van der Waals surface area contributed by atoms with Gasteiger partial charge in [-0.1, -0.05) is 23.9 Å². The molecule has 2 heterocycles. The van der Waals surface area contributed by atoms with Crippen molar-refractivity contribution < 1.29 is 17.9 Å². The maximum absolute atomic E-state index is 12.8. The summed E-state index contributed by atoms with van der Waals surface area (Å²) in [6, 6.07) is 20.4. The molecule has 4 aromatic rings. The molecule has 1 N–H and O–H groups in total. The number of hydrogen-bond acceptors (Lipinski definition) is 6. The van der Waals surface area contributed by atoms with E-state index in [1.165, 1.54) is 23.1 Å². The molecule has 0 spiro atoms. The first-order chi connectivity index (χ1) is 16.9. The molecular formula is C25H20F3N5OS. The van der Waals surface area contributed by atoms with Gasteiger partial charge in [0.2, 0.25) is 0 Å². The third kappa shape index (κ3) is 5.17. The van der Waals surface area contributed by atoms with Crippen LogP contribution in [0.2, 0.25) is 0 Å². The Labute approximate surface area is 203 Å². The lowest BCUT2D eigenvalue weighted by molar-refractivity contribution is -0.137. The van der Waals surface area contributed by atoms with Crippen molar-refractivity contribution in [2.24, 2.45) is 4.99 Å². The summed E-state index contributed by atoms with van der Waals surface area (Å²) in [4.78, 5) is 9.07. The van der Waals surface area contributed by atoms with Crippen LogP contribution in [-0.2, 0) is 6.18 Å². The zero-order valence-corrected chi connectivity index (χ0v) is 19.3. The second-order valence-electron chi connectivity index (χ2n) is 7.79. The first-order valence-electron chi connectivity index (χ1n) is 10.7. The van der Waals surface area contributed by atoms with Crippen LogP contribution in [0.5, 0.6) is 5.75 Å². The Hall–Kier alpha value is -3.79. The predicted molar refractivity (Wildman–Crippen MR) is 131 cm³/mol. The van der Waals surface area contributed by atoms with Gasteiger partial charge < -0.3 is 10.1 Å². The van der Waals surface area contributed by atoms with Crippen molar-refractivity contribution >= 4 is 22.6 Å². The summed E-state index contributed by atoms with van der Waals surface area (Å²) >= 11 is 1.66. The van der Waals surface area contributed by atoms with E-state index < -0.39 is 11.7 Å². The summed E-state index contributed by atoms with van der Waals surface area (Å²) in [5.41, 5.74) is 2.61. The highest BCUT2D eigenvalue weighted by Crippen LogP contribution is 2.32. The van der Waals surface area contributed by atoms with Gasteiger partial charge in [0.15, 0.2) is 11.0 Å². The minimum Gasteiger partial charge on any atom is -0.497 e. The summed E-state index contributed by atoms with van der Waals surface area (Å²) in [6.07, 6.45) is -2.89. The van der Waals surface area contributed by atoms with Gasteiger partial charge in [-0.2, -0.15) is 13.2 Å². The average Bonchev–Trinajstić information content (AvgIpc) is 3.55. The number of nitrogens with one attached hydrogen (secondary N) is 1. The number of anilines is 1. The van der Waals surface area contributed by atoms with Gasteiger partial charge in [-0.15, -0.1) is 5.10 Å². The fourth-order valence-electron chi connectivity index (χ4n) is 3.59. The Morgan fingerprint density at radius 3 is 2.34 bits per heavy atom. The van der Waals surface area contributed by atoms with Crippen molar-refractivity contribution in [3.8, 4) is 22.8 Å². The van der Waals surface area contributed by atoms with E-state index in [0.717, 1.165) is 45.6 Å². The van der Waals surface area contributed by atoms with Crippen molar-refractivity contribution in [2.45, 2.75) is 12.2 Å². The van der Waals surface area contributed by atoms with E-state index in [-0.39, 0.29) is 6.04 Å². The lowest BCUT2D eigenvalue weighted by atomic mass is 10.1. The van der Waals surface area contributed by atoms with Crippen molar-refractivity contribution in [3.05, 3.63) is 90.3 Å². The van der Waals surface area contributed by atoms with Crippen molar-refractivity contribution in [2.75, 3.05) is 18.2 Å². The van der Waals surface area contributed by atoms with Crippen molar-refractivity contribution in [1.82, 2.24) is 14.8 Å². The van der Waals surface area contributed by atoms with Crippen LogP contribution in [0.4, 0.5) is 18.9 Å². The molecule has 0 aliphatic carbocycles. The van der Waals surface area contributed by atoms with Crippen LogP contribution in [0.3, 0.4) is 0 Å². The molecule has 1 aliphatic rings. The molecule has 0 fully saturated rings. The molecule has 5 rings (SSSR count). The fourth-order valence-corrected chi connectivity index (χ4v) is 4.56. The maximum Gasteiger partial charge on any atom is 0.416 e. The summed E-state index contributed by atoms with van der Waals surface area (Å²) in [6.45, 7) is 0. The van der Waals surface area contributed by atoms with Gasteiger partial charge in [0.05, 0.1) is 24.4 Å². The number of alkyl halides is 3. The number of aliphatic imine (C=N–C) groups is 1. The van der Waals surface area contributed by atoms with E-state index in [2.05, 4.69) is 15.4 Å². The second kappa shape index (κ2) is 9.46. The quantitative estimate of drug-likeness (QED) is 0.356. The van der Waals surface area contributed by atoms with Gasteiger partial charge in [0.25, 0.3) is 0 Å². The van der Waals surface area contributed by atoms with Gasteiger partial charge in [0, 0.05) is 17.0 Å². The van der Waals surface area contributed by atoms with E-state index >= 15 is 0 Å². The number of hydrogen-bond donors (Lipinski definition) is 1. The smallest absolute Gasteiger partial charge is 0.416 e. The van der Waals surface area contributed by atoms with Crippen LogP contribution in [0.1, 0.15) is 17.2 Å². The zero-order valence-electron chi connectivity index (χ0n) is 18.5. The van der Waals surface area contributed by atoms with Crippen LogP contribution < -0.4 is 10.1 Å². The summed E-state index contributed by atoms with van der Waals surface area (Å²) in [7, 11) is 1.65. The fraction of sp³-hybridized carbons (Fsp3) is 0.160. The largest absolute Gasteiger partial charge is 0.497 e. The Morgan fingerprint density at radius 1 is 0.971 bits per heavy atom. The van der Waals surface area contributed by atoms with E-state index in [4.69, 9.17) is 9.73 Å². The van der Waals surface area contributed by atoms with Crippen molar-refractivity contribution in [1.29, 1.82) is 0 Å². The van der Waals surface area contributed by atoms with Gasteiger partial charge in [-0.05, 0) is 66.2 Å². The van der Waals surface area contributed by atoms with Crippen molar-refractivity contribution in [3.63, 3.8) is 0 Å². The van der Waals surface area contributed by atoms with Crippen LogP contribution in [-0.4, -0.2) is 32.8 Å². The third-order valence-corrected chi connectivity index (χ3v) is 6.46. The Balaban J connectivity index is 1.24.